The first-order chi connectivity index (χ1) is 12.5. The van der Waals surface area contributed by atoms with Gasteiger partial charge in [-0.2, -0.15) is 21.6 Å². The minimum atomic E-state index is -5.13. The quantitative estimate of drug-likeness (QED) is 0.587. The average molecular weight is 402 g/mol. The van der Waals surface area contributed by atoms with Crippen LogP contribution in [0.25, 0.3) is 0 Å². The monoisotopic (exact) mass is 402 g/mol. The van der Waals surface area contributed by atoms with Crippen molar-refractivity contribution in [2.24, 2.45) is 0 Å². The Balaban J connectivity index is 2.14. The first-order valence-corrected chi connectivity index (χ1v) is 9.46. The second kappa shape index (κ2) is 8.10. The van der Waals surface area contributed by atoms with Crippen LogP contribution in [0.3, 0.4) is 0 Å². The van der Waals surface area contributed by atoms with Crippen LogP contribution in [0.15, 0.2) is 54.6 Å². The Bertz CT molecular complexity index is 877. The summed E-state index contributed by atoms with van der Waals surface area (Å²) in [6, 6.07) is 15.3. The lowest BCUT2D eigenvalue weighted by molar-refractivity contribution is -0.197. The van der Waals surface area contributed by atoms with E-state index in [2.05, 4.69) is 4.74 Å². The van der Waals surface area contributed by atoms with Crippen LogP contribution in [0, 0.1) is 0 Å². The molecule has 0 fully saturated rings. The van der Waals surface area contributed by atoms with Gasteiger partial charge in [0.05, 0.1) is 5.56 Å². The van der Waals surface area contributed by atoms with Crippen LogP contribution in [0.1, 0.15) is 34.3 Å². The molecule has 5 nitrogen and oxygen atoms in total. The molecule has 27 heavy (non-hydrogen) atoms. The summed E-state index contributed by atoms with van der Waals surface area (Å²) in [5.74, 6) is -3.09. The maximum atomic E-state index is 12.8. The topological polar surface area (TPSA) is 80.7 Å². The predicted octanol–water partition coefficient (Wildman–Crippen LogP) is 3.81. The Hall–Kier alpha value is -2.39. The van der Waals surface area contributed by atoms with Gasteiger partial charge in [0, 0.05) is 5.92 Å². The molecule has 0 radical (unpaired) electrons. The molecule has 2 unspecified atom stereocenters. The van der Waals surface area contributed by atoms with Crippen molar-refractivity contribution in [3.8, 4) is 0 Å². The molecule has 2 rings (SSSR count). The number of rotatable bonds is 6. The molecule has 2 atom stereocenters. The van der Waals surface area contributed by atoms with Crippen molar-refractivity contribution in [2.45, 2.75) is 25.1 Å². The Kier molecular flexibility index (Phi) is 6.27. The number of carbonyl (C=O) groups is 1. The maximum absolute atomic E-state index is 12.8. The van der Waals surface area contributed by atoms with Crippen molar-refractivity contribution in [2.75, 3.05) is 5.75 Å². The highest BCUT2D eigenvalue weighted by Crippen LogP contribution is 2.27. The number of halogens is 3. The van der Waals surface area contributed by atoms with E-state index in [0.717, 1.165) is 11.1 Å². The van der Waals surface area contributed by atoms with Crippen molar-refractivity contribution in [1.82, 2.24) is 0 Å². The van der Waals surface area contributed by atoms with E-state index in [1.165, 1.54) is 12.1 Å². The summed E-state index contributed by atoms with van der Waals surface area (Å²) in [6.45, 7) is 1.94. The molecule has 9 heteroatoms. The van der Waals surface area contributed by atoms with E-state index >= 15 is 0 Å². The Labute approximate surface area is 154 Å². The van der Waals surface area contributed by atoms with Crippen molar-refractivity contribution in [3.63, 3.8) is 0 Å². The lowest BCUT2D eigenvalue weighted by Gasteiger charge is -2.19. The molecule has 0 aliphatic carbocycles. The summed E-state index contributed by atoms with van der Waals surface area (Å²) >= 11 is 0. The van der Waals surface area contributed by atoms with E-state index < -0.39 is 34.1 Å². The number of benzene rings is 2. The average Bonchev–Trinajstić information content (AvgIpc) is 2.59. The molecule has 146 valence electrons. The van der Waals surface area contributed by atoms with E-state index in [1.54, 1.807) is 12.1 Å². The third kappa shape index (κ3) is 6.07. The third-order valence-corrected chi connectivity index (χ3v) is 4.65. The van der Waals surface area contributed by atoms with Crippen molar-refractivity contribution in [3.05, 3.63) is 71.3 Å². The smallest absolute Gasteiger partial charge is 0.426 e. The molecule has 2 aromatic carbocycles. The second-order valence-electron chi connectivity index (χ2n) is 5.94. The Morgan fingerprint density at radius 3 is 2.04 bits per heavy atom. The van der Waals surface area contributed by atoms with Gasteiger partial charge in [-0.15, -0.1) is 0 Å². The van der Waals surface area contributed by atoms with Crippen LogP contribution in [0.2, 0.25) is 0 Å². The molecule has 0 spiro atoms. The zero-order chi connectivity index (χ0) is 20.2. The van der Waals surface area contributed by atoms with E-state index in [9.17, 15) is 26.4 Å². The van der Waals surface area contributed by atoms with Crippen LogP contribution in [-0.2, 0) is 14.9 Å². The minimum absolute atomic E-state index is 0.00118. The predicted molar refractivity (Wildman–Crippen MR) is 92.1 cm³/mol. The standard InChI is InChI=1S/C18H17F3O5S/c1-12(13-5-3-2-4-6-13)14-7-9-15(10-8-14)17(22)26-16(18(19,20)21)11-27(23,24)25/h2-10,12,16H,11H2,1H3,(H,23,24,25). The van der Waals surface area contributed by atoms with Gasteiger partial charge in [-0.1, -0.05) is 49.4 Å². The summed E-state index contributed by atoms with van der Waals surface area (Å²) in [6.07, 6.45) is -8.09. The van der Waals surface area contributed by atoms with E-state index in [-0.39, 0.29) is 11.5 Å². The zero-order valence-electron chi connectivity index (χ0n) is 14.2. The molecule has 1 N–H and O–H groups in total. The zero-order valence-corrected chi connectivity index (χ0v) is 15.0. The molecule has 0 amide bonds. The highest BCUT2D eigenvalue weighted by atomic mass is 32.2. The lowest BCUT2D eigenvalue weighted by atomic mass is 9.93. The third-order valence-electron chi connectivity index (χ3n) is 3.92. The summed E-state index contributed by atoms with van der Waals surface area (Å²) in [5.41, 5.74) is 1.70. The fraction of sp³-hybridized carbons (Fsp3) is 0.278. The van der Waals surface area contributed by atoms with Gasteiger partial charge in [0.1, 0.15) is 5.75 Å². The highest BCUT2D eigenvalue weighted by Gasteiger charge is 2.45. The number of hydrogen-bond acceptors (Lipinski definition) is 4. The Morgan fingerprint density at radius 2 is 1.56 bits per heavy atom. The molecular formula is C18H17F3O5S. The molecule has 0 heterocycles. The van der Waals surface area contributed by atoms with Crippen molar-refractivity contribution in [1.29, 1.82) is 0 Å². The molecule has 0 aliphatic heterocycles. The summed E-state index contributed by atoms with van der Waals surface area (Å²) in [5, 5.41) is 0. The van der Waals surface area contributed by atoms with Crippen molar-refractivity contribution < 1.29 is 35.7 Å². The maximum Gasteiger partial charge on any atom is 0.426 e. The highest BCUT2D eigenvalue weighted by molar-refractivity contribution is 7.85. The molecular weight excluding hydrogens is 385 g/mol. The number of ether oxygens (including phenoxy) is 1. The largest absolute Gasteiger partial charge is 0.448 e. The molecule has 2 aromatic rings. The lowest BCUT2D eigenvalue weighted by Crippen LogP contribution is -2.39. The van der Waals surface area contributed by atoms with Crippen molar-refractivity contribution >= 4 is 16.1 Å². The molecule has 0 aromatic heterocycles. The molecule has 0 aliphatic rings. The fourth-order valence-corrected chi connectivity index (χ4v) is 3.07. The van der Waals surface area contributed by atoms with Crippen LogP contribution < -0.4 is 0 Å². The van der Waals surface area contributed by atoms with Gasteiger partial charge >= 0.3 is 12.1 Å². The van der Waals surface area contributed by atoms with Gasteiger partial charge < -0.3 is 4.74 Å². The minimum Gasteiger partial charge on any atom is -0.448 e. The summed E-state index contributed by atoms with van der Waals surface area (Å²) in [4.78, 5) is 11.9. The molecule has 0 saturated carbocycles. The number of carbonyl (C=O) groups excluding carboxylic acids is 1. The van der Waals surface area contributed by atoms with Gasteiger partial charge in [-0.05, 0) is 23.3 Å². The van der Waals surface area contributed by atoms with Gasteiger partial charge in [0.25, 0.3) is 10.1 Å². The van der Waals surface area contributed by atoms with Gasteiger partial charge in [-0.3, -0.25) is 4.55 Å². The first-order valence-electron chi connectivity index (χ1n) is 7.85. The van der Waals surface area contributed by atoms with Gasteiger partial charge in [0.15, 0.2) is 0 Å². The number of esters is 1. The van der Waals surface area contributed by atoms with Crippen LogP contribution in [0.5, 0.6) is 0 Å². The number of hydrogen-bond donors (Lipinski definition) is 1. The van der Waals surface area contributed by atoms with Crippen LogP contribution in [0.4, 0.5) is 13.2 Å². The van der Waals surface area contributed by atoms with Gasteiger partial charge in [0.2, 0.25) is 6.10 Å². The SMILES string of the molecule is CC(c1ccccc1)c1ccc(C(=O)OC(CS(=O)(=O)O)C(F)(F)F)cc1. The Morgan fingerprint density at radius 1 is 1.04 bits per heavy atom. The first kappa shape index (κ1) is 20.9. The van der Waals surface area contributed by atoms with E-state index in [0.29, 0.717) is 0 Å². The molecule has 0 saturated heterocycles. The normalized spacial score (nSPS) is 14.4. The fourth-order valence-electron chi connectivity index (χ4n) is 2.43. The van der Waals surface area contributed by atoms with E-state index in [4.69, 9.17) is 4.55 Å². The molecule has 0 bridgehead atoms. The van der Waals surface area contributed by atoms with Crippen LogP contribution in [-0.4, -0.2) is 37.0 Å². The van der Waals surface area contributed by atoms with Crippen LogP contribution >= 0.6 is 0 Å². The summed E-state index contributed by atoms with van der Waals surface area (Å²) in [7, 11) is -4.98. The number of alkyl halides is 3. The van der Waals surface area contributed by atoms with Gasteiger partial charge in [-0.25, -0.2) is 4.79 Å². The summed E-state index contributed by atoms with van der Waals surface area (Å²) < 4.78 is 72.8. The second-order valence-corrected chi connectivity index (χ2v) is 7.44. The van der Waals surface area contributed by atoms with E-state index in [1.807, 2.05) is 37.3 Å².